The van der Waals surface area contributed by atoms with Gasteiger partial charge in [-0.3, -0.25) is 28.8 Å². The maximum absolute atomic E-state index is 14.3. The number of carboxylic acids is 2. The molecule has 2 rings (SSSR count). The molecule has 0 aromatic heterocycles. The summed E-state index contributed by atoms with van der Waals surface area (Å²) in [4.78, 5) is 96.0. The molecule has 62 heavy (non-hydrogen) atoms. The minimum Gasteiger partial charge on any atom is -0.481 e. The van der Waals surface area contributed by atoms with E-state index in [1.807, 2.05) is 48.6 Å². The van der Waals surface area contributed by atoms with Crippen LogP contribution in [0.4, 0.5) is 0 Å². The Morgan fingerprint density at radius 3 is 1.97 bits per heavy atom. The average molecular weight is 987 g/mol. The van der Waals surface area contributed by atoms with Gasteiger partial charge in [-0.2, -0.15) is 0 Å². The Hall–Kier alpha value is -3.88. The number of nitrogens with zero attached hydrogens (tertiary/aromatic N) is 3. The lowest BCUT2D eigenvalue weighted by atomic mass is 9.89. The van der Waals surface area contributed by atoms with Gasteiger partial charge in [0, 0.05) is 63.5 Å². The molecule has 10 atom stereocenters. The number of hydrogen-bond donors (Lipinski definition) is 5. The summed E-state index contributed by atoms with van der Waals surface area (Å²) in [7, 11) is 6.46. The third kappa shape index (κ3) is 15.4. The van der Waals surface area contributed by atoms with Crippen LogP contribution in [0.15, 0.2) is 30.3 Å². The van der Waals surface area contributed by atoms with E-state index in [1.54, 1.807) is 57.2 Å². The Bertz CT molecular complexity index is 1640. The molecule has 1 heterocycles. The maximum atomic E-state index is 14.3. The van der Waals surface area contributed by atoms with Crippen LogP contribution in [0.3, 0.4) is 0 Å². The number of carbonyl (C=O) groups excluding carboxylic acids is 5. The van der Waals surface area contributed by atoms with Gasteiger partial charge in [-0.15, -0.1) is 0 Å². The number of rotatable bonds is 26. The molecular weight excluding hydrogens is 915 g/mol. The van der Waals surface area contributed by atoms with Crippen molar-refractivity contribution >= 4 is 64.3 Å². The summed E-state index contributed by atoms with van der Waals surface area (Å²) < 4.78 is 13.7. The topological polar surface area (TPSA) is 224 Å². The van der Waals surface area contributed by atoms with Crippen molar-refractivity contribution in [3.05, 3.63) is 35.9 Å². The normalized spacial score (nSPS) is 18.5. The van der Waals surface area contributed by atoms with Gasteiger partial charge in [0.2, 0.25) is 29.5 Å². The zero-order chi connectivity index (χ0) is 47.0. The van der Waals surface area contributed by atoms with E-state index in [4.69, 9.17) is 14.6 Å². The number of carbonyl (C=O) groups is 7. The number of halogens is 1. The Kier molecular flexibility index (Phi) is 22.8. The molecule has 1 fully saturated rings. The first-order chi connectivity index (χ1) is 29.1. The minimum atomic E-state index is -1.49. The van der Waals surface area contributed by atoms with Crippen LogP contribution in [0.2, 0.25) is 0 Å². The van der Waals surface area contributed by atoms with Crippen molar-refractivity contribution in [3.63, 3.8) is 0 Å². The van der Waals surface area contributed by atoms with Crippen molar-refractivity contribution in [3.8, 4) is 0 Å². The van der Waals surface area contributed by atoms with Crippen LogP contribution in [0.5, 0.6) is 0 Å². The van der Waals surface area contributed by atoms with Crippen LogP contribution in [0.25, 0.3) is 0 Å². The fourth-order valence-electron chi connectivity index (χ4n) is 8.31. The number of aliphatic carboxylic acids is 2. The fraction of sp³-hybridized carbons (Fsp3) is 0.705. The van der Waals surface area contributed by atoms with Gasteiger partial charge in [-0.05, 0) is 49.6 Å². The van der Waals surface area contributed by atoms with Crippen molar-refractivity contribution < 1.29 is 53.2 Å². The van der Waals surface area contributed by atoms with Crippen LogP contribution < -0.4 is 16.0 Å². The van der Waals surface area contributed by atoms with Gasteiger partial charge in [0.05, 0.1) is 36.6 Å². The summed E-state index contributed by atoms with van der Waals surface area (Å²) in [5, 5.41) is 27.0. The molecule has 5 N–H and O–H groups in total. The van der Waals surface area contributed by atoms with Crippen LogP contribution in [-0.4, -0.2) is 148 Å². The molecule has 1 aromatic carbocycles. The highest BCUT2D eigenvalue weighted by atomic mass is 127. The second-order valence-corrected chi connectivity index (χ2v) is 18.6. The van der Waals surface area contributed by atoms with Crippen molar-refractivity contribution in [2.75, 3.05) is 34.9 Å². The second-order valence-electron chi connectivity index (χ2n) is 17.1. The van der Waals surface area contributed by atoms with Gasteiger partial charge in [0.15, 0.2) is 0 Å². The lowest BCUT2D eigenvalue weighted by Crippen LogP contribution is -2.59. The first-order valence-corrected chi connectivity index (χ1v) is 22.5. The number of methoxy groups -OCH3 is 2. The van der Waals surface area contributed by atoms with Crippen molar-refractivity contribution in [2.45, 2.75) is 142 Å². The molecule has 0 spiro atoms. The first-order valence-electron chi connectivity index (χ1n) is 21.5. The van der Waals surface area contributed by atoms with Crippen LogP contribution in [-0.2, 0) is 49.5 Å². The third-order valence-corrected chi connectivity index (χ3v) is 12.5. The highest BCUT2D eigenvalue weighted by Crippen LogP contribution is 2.30. The van der Waals surface area contributed by atoms with E-state index >= 15 is 0 Å². The van der Waals surface area contributed by atoms with Crippen LogP contribution in [0.1, 0.15) is 92.6 Å². The number of carboxylic acid groups (broad SMARTS) is 2. The molecule has 0 radical (unpaired) electrons. The zero-order valence-electron chi connectivity index (χ0n) is 38.3. The highest BCUT2D eigenvalue weighted by Gasteiger charge is 2.43. The second kappa shape index (κ2) is 26.0. The number of hydrogen-bond acceptors (Lipinski definition) is 10. The molecule has 1 unspecified atom stereocenters. The summed E-state index contributed by atoms with van der Waals surface area (Å²) in [5.74, 6) is -5.97. The summed E-state index contributed by atoms with van der Waals surface area (Å²) in [6, 6.07) is 3.80. The maximum Gasteiger partial charge on any atom is 0.326 e. The Morgan fingerprint density at radius 1 is 0.855 bits per heavy atom. The molecule has 1 aliphatic rings. The van der Waals surface area contributed by atoms with Gasteiger partial charge in [-0.25, -0.2) is 7.91 Å². The standard InChI is InChI=1S/C44H71IN6O11/c1-12-27(6)38(49(8)43(58)36(25(2)3)48-42(57)37(26(4)5)50(9)45)33(61-10)24-34(52)51-22-16-19-32(51)39(62-11)28(7)40(55)47-31(23-29-17-14-13-15-18-29)41(56)46-30(44(59)60)20-21-35(53)54/h13-15,17-18,25-28,30-33,36-39H,12,16,19-24H2,1-11H3,(H,46,56)(H,47,55)(H,48,57)(H,53,54)(H,59,60)/t27-,28+,30?,31-,32-,33+,36-,37-,38-,39+/m0/s1. The number of ether oxygens (including phenoxy) is 2. The van der Waals surface area contributed by atoms with E-state index in [2.05, 4.69) is 38.8 Å². The smallest absolute Gasteiger partial charge is 0.326 e. The van der Waals surface area contributed by atoms with Crippen LogP contribution >= 0.6 is 22.9 Å². The van der Waals surface area contributed by atoms with Crippen molar-refractivity contribution in [1.29, 1.82) is 0 Å². The SMILES string of the molecule is CC[C@H](C)[C@@H]([C@@H](CC(=O)N1CCC[C@H]1[C@H](OC)[C@@H](C)C(=O)N[C@@H](Cc1ccccc1)C(=O)NC(CCC(=O)O)C(=O)O)OC)N(C)C(=O)[C@@H](NC(=O)[C@H](C(C)C)N(C)I)C(C)C. The largest absolute Gasteiger partial charge is 0.481 e. The van der Waals surface area contributed by atoms with Gasteiger partial charge in [0.1, 0.15) is 24.2 Å². The van der Waals surface area contributed by atoms with Crippen molar-refractivity contribution in [1.82, 2.24) is 28.9 Å². The molecule has 350 valence electrons. The van der Waals surface area contributed by atoms with Gasteiger partial charge < -0.3 is 45.4 Å². The van der Waals surface area contributed by atoms with Crippen LogP contribution in [0, 0.1) is 23.7 Å². The molecule has 18 heteroatoms. The molecule has 1 saturated heterocycles. The predicted molar refractivity (Wildman–Crippen MR) is 242 cm³/mol. The van der Waals surface area contributed by atoms with Gasteiger partial charge in [0.25, 0.3) is 0 Å². The quantitative estimate of drug-likeness (QED) is 0.0665. The third-order valence-electron chi connectivity index (χ3n) is 11.9. The van der Waals surface area contributed by atoms with E-state index in [9.17, 15) is 38.7 Å². The molecular formula is C44H71IN6O11. The molecule has 5 amide bonds. The summed E-state index contributed by atoms with van der Waals surface area (Å²) in [5.41, 5.74) is 0.692. The number of likely N-dealkylation sites (N-methyl/N-ethyl adjacent to an activating group) is 2. The monoisotopic (exact) mass is 986 g/mol. The average Bonchev–Trinajstić information content (AvgIpc) is 3.70. The van der Waals surface area contributed by atoms with E-state index in [0.29, 0.717) is 31.4 Å². The van der Waals surface area contributed by atoms with Gasteiger partial charge in [-0.1, -0.05) is 85.2 Å². The zero-order valence-corrected chi connectivity index (χ0v) is 40.4. The number of amides is 5. The summed E-state index contributed by atoms with van der Waals surface area (Å²) in [6.45, 7) is 13.7. The van der Waals surface area contributed by atoms with E-state index < -0.39 is 84.6 Å². The molecule has 1 aromatic rings. The highest BCUT2D eigenvalue weighted by molar-refractivity contribution is 14.1. The lowest BCUT2D eigenvalue weighted by Gasteiger charge is -2.41. The Labute approximate surface area is 381 Å². The number of likely N-dealkylation sites (tertiary alicyclic amines) is 1. The first kappa shape index (κ1) is 54.3. The molecule has 0 saturated carbocycles. The van der Waals surface area contributed by atoms with Crippen molar-refractivity contribution in [2.24, 2.45) is 23.7 Å². The Balaban J connectivity index is 2.34. The molecule has 0 aliphatic carbocycles. The van der Waals surface area contributed by atoms with E-state index in [0.717, 1.165) is 0 Å². The molecule has 1 aliphatic heterocycles. The summed E-state index contributed by atoms with van der Waals surface area (Å²) >= 11 is 2.08. The number of nitrogens with one attached hydrogen (secondary N) is 3. The molecule has 0 bridgehead atoms. The summed E-state index contributed by atoms with van der Waals surface area (Å²) in [6.07, 6.45) is -0.554. The minimum absolute atomic E-state index is 0.00139. The predicted octanol–water partition coefficient (Wildman–Crippen LogP) is 3.52. The number of benzene rings is 1. The van der Waals surface area contributed by atoms with E-state index in [-0.39, 0.29) is 54.7 Å². The fourth-order valence-corrected chi connectivity index (χ4v) is 9.21. The molecule has 17 nitrogen and oxygen atoms in total. The lowest BCUT2D eigenvalue weighted by molar-refractivity contribution is -0.148. The van der Waals surface area contributed by atoms with Gasteiger partial charge >= 0.3 is 11.9 Å². The van der Waals surface area contributed by atoms with E-state index in [1.165, 1.54) is 14.2 Å². The Morgan fingerprint density at radius 2 is 1.47 bits per heavy atom.